The zero-order valence-electron chi connectivity index (χ0n) is 16.5. The summed E-state index contributed by atoms with van der Waals surface area (Å²) in [7, 11) is 6.24. The molecule has 28 heavy (non-hydrogen) atoms. The highest BCUT2D eigenvalue weighted by Gasteiger charge is 2.41. The number of fused-ring (bicyclic) bond motifs is 2. The molecule has 0 N–H and O–H groups in total. The van der Waals surface area contributed by atoms with Crippen molar-refractivity contribution in [2.45, 2.75) is 5.92 Å². The quantitative estimate of drug-likeness (QED) is 0.715. The highest BCUT2D eigenvalue weighted by Crippen LogP contribution is 2.48. The molecule has 3 nitrogen and oxygen atoms in total. The van der Waals surface area contributed by atoms with E-state index in [1.54, 1.807) is 0 Å². The molecule has 0 saturated heterocycles. The van der Waals surface area contributed by atoms with Crippen molar-refractivity contribution in [3.63, 3.8) is 0 Å². The van der Waals surface area contributed by atoms with Crippen LogP contribution in [0.4, 0.5) is 5.69 Å². The summed E-state index contributed by atoms with van der Waals surface area (Å²) in [5.41, 5.74) is 6.09. The van der Waals surface area contributed by atoms with Crippen molar-refractivity contribution in [3.8, 4) is 0 Å². The SMILES string of the molecule is CN(C)CCOC1=C2C(=[C+]C=C1)C(c1ccccc1)c1ccccc1N2C.[Cl-]. The third kappa shape index (κ3) is 3.70. The summed E-state index contributed by atoms with van der Waals surface area (Å²) in [6.07, 6.45) is 7.53. The van der Waals surface area contributed by atoms with Crippen molar-refractivity contribution in [1.29, 1.82) is 0 Å². The fourth-order valence-corrected chi connectivity index (χ4v) is 3.81. The highest BCUT2D eigenvalue weighted by molar-refractivity contribution is 5.73. The van der Waals surface area contributed by atoms with Gasteiger partial charge in [-0.3, -0.25) is 4.90 Å². The molecule has 1 heterocycles. The van der Waals surface area contributed by atoms with E-state index in [1.807, 2.05) is 12.2 Å². The maximum absolute atomic E-state index is 6.18. The zero-order chi connectivity index (χ0) is 18.8. The lowest BCUT2D eigenvalue weighted by atomic mass is 9.78. The number of para-hydroxylation sites is 1. The Hall–Kier alpha value is -2.58. The third-order valence-corrected chi connectivity index (χ3v) is 5.12. The number of anilines is 1. The number of likely N-dealkylation sites (N-methyl/N-ethyl adjacent to an activating group) is 2. The van der Waals surface area contributed by atoms with Gasteiger partial charge in [-0.1, -0.05) is 48.5 Å². The Morgan fingerprint density at radius 1 is 1.04 bits per heavy atom. The molecule has 1 aliphatic heterocycles. The zero-order valence-corrected chi connectivity index (χ0v) is 17.3. The minimum Gasteiger partial charge on any atom is -1.00 e. The summed E-state index contributed by atoms with van der Waals surface area (Å²) in [5.74, 6) is 1.08. The molecular weight excluding hydrogens is 368 g/mol. The van der Waals surface area contributed by atoms with Gasteiger partial charge in [0, 0.05) is 19.7 Å². The van der Waals surface area contributed by atoms with E-state index in [4.69, 9.17) is 4.74 Å². The summed E-state index contributed by atoms with van der Waals surface area (Å²) >= 11 is 0. The maximum atomic E-state index is 6.18. The van der Waals surface area contributed by atoms with Crippen LogP contribution >= 0.6 is 0 Å². The Morgan fingerprint density at radius 3 is 2.50 bits per heavy atom. The van der Waals surface area contributed by atoms with Crippen LogP contribution in [0.3, 0.4) is 0 Å². The molecule has 0 spiro atoms. The first kappa shape index (κ1) is 20.2. The number of nitrogens with zero attached hydrogens (tertiary/aromatic N) is 2. The van der Waals surface area contributed by atoms with E-state index in [2.05, 4.69) is 91.6 Å². The first-order valence-electron chi connectivity index (χ1n) is 9.36. The maximum Gasteiger partial charge on any atom is 0.258 e. The van der Waals surface area contributed by atoms with Crippen molar-refractivity contribution in [1.82, 2.24) is 4.90 Å². The summed E-state index contributed by atoms with van der Waals surface area (Å²) < 4.78 is 6.18. The van der Waals surface area contributed by atoms with Crippen LogP contribution in [0.15, 0.2) is 83.8 Å². The average Bonchev–Trinajstić information content (AvgIpc) is 2.69. The van der Waals surface area contributed by atoms with Crippen molar-refractivity contribution < 1.29 is 17.1 Å². The van der Waals surface area contributed by atoms with Crippen LogP contribution in [-0.2, 0) is 4.74 Å². The average molecular weight is 393 g/mol. The van der Waals surface area contributed by atoms with Gasteiger partial charge in [0.25, 0.3) is 5.76 Å². The fourth-order valence-electron chi connectivity index (χ4n) is 3.81. The number of hydrogen-bond donors (Lipinski definition) is 0. The third-order valence-electron chi connectivity index (χ3n) is 5.12. The second kappa shape index (κ2) is 8.62. The number of halogens is 1. The van der Waals surface area contributed by atoms with Gasteiger partial charge in [0.15, 0.2) is 5.57 Å². The molecule has 2 aliphatic rings. The molecule has 0 bridgehead atoms. The monoisotopic (exact) mass is 392 g/mol. The van der Waals surface area contributed by atoms with Gasteiger partial charge < -0.3 is 22.0 Å². The second-order valence-corrected chi connectivity index (χ2v) is 7.22. The van der Waals surface area contributed by atoms with Gasteiger partial charge >= 0.3 is 0 Å². The number of allylic oxidation sites excluding steroid dienone is 4. The lowest BCUT2D eigenvalue weighted by Gasteiger charge is -2.33. The number of benzene rings is 2. The molecule has 0 aromatic heterocycles. The van der Waals surface area contributed by atoms with Crippen LogP contribution < -0.4 is 17.3 Å². The molecule has 4 rings (SSSR count). The van der Waals surface area contributed by atoms with Gasteiger partial charge in [-0.25, -0.2) is 0 Å². The molecule has 1 atom stereocenters. The molecule has 2 aromatic rings. The Balaban J connectivity index is 0.00000225. The van der Waals surface area contributed by atoms with Gasteiger partial charge in [0.2, 0.25) is 5.70 Å². The largest absolute Gasteiger partial charge is 1.00 e. The smallest absolute Gasteiger partial charge is 0.258 e. The number of ether oxygens (including phenoxy) is 1. The Labute approximate surface area is 174 Å². The minimum absolute atomic E-state index is 0. The molecule has 0 radical (unpaired) electrons. The van der Waals surface area contributed by atoms with Crippen LogP contribution in [0.1, 0.15) is 17.0 Å². The standard InChI is InChI=1S/C24H25N2O.ClH/c1-25(2)16-17-27-22-15-9-13-20-23(18-10-5-4-6-11-18)19-12-7-8-14-21(19)26(3)24(20)22;/h4-12,14-15,23H,16-17H2,1-3H3;1H/q+1;/p-1. The Kier molecular flexibility index (Phi) is 6.21. The van der Waals surface area contributed by atoms with Gasteiger partial charge in [0.1, 0.15) is 12.7 Å². The van der Waals surface area contributed by atoms with Gasteiger partial charge in [-0.05, 0) is 31.3 Å². The van der Waals surface area contributed by atoms with Crippen LogP contribution in [0, 0.1) is 6.08 Å². The summed E-state index contributed by atoms with van der Waals surface area (Å²) in [6.45, 7) is 1.55. The lowest BCUT2D eigenvalue weighted by Crippen LogP contribution is -3.00. The van der Waals surface area contributed by atoms with E-state index in [-0.39, 0.29) is 18.3 Å². The highest BCUT2D eigenvalue weighted by atomic mass is 35.5. The molecule has 1 unspecified atom stereocenters. The predicted octanol–water partition coefficient (Wildman–Crippen LogP) is 1.36. The molecule has 1 aliphatic carbocycles. The fraction of sp³-hybridized carbons (Fsp3) is 0.250. The lowest BCUT2D eigenvalue weighted by molar-refractivity contribution is -0.00000621. The molecule has 0 saturated carbocycles. The van der Waals surface area contributed by atoms with Gasteiger partial charge in [-0.2, -0.15) is 0 Å². The number of hydrogen-bond acceptors (Lipinski definition) is 3. The van der Waals surface area contributed by atoms with Crippen molar-refractivity contribution in [3.05, 3.63) is 101 Å². The molecule has 144 valence electrons. The number of rotatable bonds is 5. The van der Waals surface area contributed by atoms with Gasteiger partial charge in [-0.15, -0.1) is 0 Å². The summed E-state index contributed by atoms with van der Waals surface area (Å²) in [5, 5.41) is 0. The van der Waals surface area contributed by atoms with E-state index in [1.165, 1.54) is 22.4 Å². The summed E-state index contributed by atoms with van der Waals surface area (Å²) in [6, 6.07) is 19.3. The molecule has 4 heteroatoms. The van der Waals surface area contributed by atoms with Crippen molar-refractivity contribution >= 4 is 5.69 Å². The minimum atomic E-state index is 0. The summed E-state index contributed by atoms with van der Waals surface area (Å²) in [4.78, 5) is 4.37. The van der Waals surface area contributed by atoms with E-state index >= 15 is 0 Å². The van der Waals surface area contributed by atoms with E-state index < -0.39 is 0 Å². The first-order chi connectivity index (χ1) is 13.2. The molecule has 0 fully saturated rings. The van der Waals surface area contributed by atoms with E-state index in [0.29, 0.717) is 6.61 Å². The van der Waals surface area contributed by atoms with Crippen molar-refractivity contribution in [2.75, 3.05) is 39.2 Å². The van der Waals surface area contributed by atoms with Crippen LogP contribution in [0.2, 0.25) is 0 Å². The molecular formula is C24H25ClN2O. The van der Waals surface area contributed by atoms with Crippen LogP contribution in [0.25, 0.3) is 0 Å². The normalized spacial score (nSPS) is 17.4. The Bertz CT molecular complexity index is 915. The van der Waals surface area contributed by atoms with Crippen LogP contribution in [0.5, 0.6) is 0 Å². The molecule has 0 amide bonds. The predicted molar refractivity (Wildman–Crippen MR) is 111 cm³/mol. The topological polar surface area (TPSA) is 15.7 Å². The first-order valence-corrected chi connectivity index (χ1v) is 9.36. The van der Waals surface area contributed by atoms with Crippen LogP contribution in [-0.4, -0.2) is 39.2 Å². The second-order valence-electron chi connectivity index (χ2n) is 7.22. The molecule has 2 aromatic carbocycles. The van der Waals surface area contributed by atoms with E-state index in [9.17, 15) is 0 Å². The van der Waals surface area contributed by atoms with Gasteiger partial charge in [0.05, 0.1) is 17.7 Å². The Morgan fingerprint density at radius 2 is 1.75 bits per heavy atom. The van der Waals surface area contributed by atoms with E-state index in [0.717, 1.165) is 18.0 Å². The van der Waals surface area contributed by atoms with Crippen molar-refractivity contribution in [2.24, 2.45) is 0 Å².